The molecule has 0 radical (unpaired) electrons. The summed E-state index contributed by atoms with van der Waals surface area (Å²) >= 11 is 6.11. The number of benzene rings is 2. The smallest absolute Gasteiger partial charge is 0.261 e. The number of fused-ring (bicyclic) bond motifs is 1. The van der Waals surface area contributed by atoms with E-state index in [1.54, 1.807) is 12.1 Å². The molecule has 1 heterocycles. The maximum absolute atomic E-state index is 12.4. The standard InChI is InChI=1S/C21H25ClN2O2/c1-2-19(26-20-11-6-4-9-17(20)22)21(25)23-13-7-14-24-15-12-16-8-3-5-10-18(16)24/h3-6,8-11,19H,2,7,12-15H2,1H3,(H,23,25)/t19-/m1/s1. The molecule has 0 aromatic heterocycles. The lowest BCUT2D eigenvalue weighted by Crippen LogP contribution is -2.39. The highest BCUT2D eigenvalue weighted by Crippen LogP contribution is 2.27. The summed E-state index contributed by atoms with van der Waals surface area (Å²) in [5.41, 5.74) is 2.74. The number of para-hydroxylation sites is 2. The molecular weight excluding hydrogens is 348 g/mol. The summed E-state index contributed by atoms with van der Waals surface area (Å²) in [6, 6.07) is 15.8. The van der Waals surface area contributed by atoms with Crippen molar-refractivity contribution in [2.75, 3.05) is 24.5 Å². The van der Waals surface area contributed by atoms with Gasteiger partial charge in [0.25, 0.3) is 5.91 Å². The van der Waals surface area contributed by atoms with Crippen molar-refractivity contribution in [1.29, 1.82) is 0 Å². The first-order chi connectivity index (χ1) is 12.7. The minimum Gasteiger partial charge on any atom is -0.479 e. The van der Waals surface area contributed by atoms with E-state index in [1.807, 2.05) is 19.1 Å². The second kappa shape index (κ2) is 8.95. The second-order valence-corrected chi connectivity index (χ2v) is 6.86. The van der Waals surface area contributed by atoms with Gasteiger partial charge < -0.3 is 15.0 Å². The topological polar surface area (TPSA) is 41.6 Å². The Labute approximate surface area is 160 Å². The predicted octanol–water partition coefficient (Wildman–Crippen LogP) is 4.07. The highest BCUT2D eigenvalue weighted by molar-refractivity contribution is 6.32. The Kier molecular flexibility index (Phi) is 6.40. The predicted molar refractivity (Wildman–Crippen MR) is 106 cm³/mol. The number of hydrogen-bond acceptors (Lipinski definition) is 3. The lowest BCUT2D eigenvalue weighted by Gasteiger charge is -2.20. The number of ether oxygens (including phenoxy) is 1. The average Bonchev–Trinajstić information content (AvgIpc) is 3.07. The number of anilines is 1. The van der Waals surface area contributed by atoms with Crippen molar-refractivity contribution in [2.24, 2.45) is 0 Å². The van der Waals surface area contributed by atoms with Crippen molar-refractivity contribution < 1.29 is 9.53 Å². The molecule has 4 nitrogen and oxygen atoms in total. The SMILES string of the molecule is CC[C@@H](Oc1ccccc1Cl)C(=O)NCCCN1CCc2ccccc21. The minimum atomic E-state index is -0.526. The molecule has 1 atom stereocenters. The molecule has 138 valence electrons. The van der Waals surface area contributed by atoms with E-state index in [1.165, 1.54) is 11.3 Å². The van der Waals surface area contributed by atoms with E-state index < -0.39 is 6.10 Å². The molecule has 0 unspecified atom stereocenters. The Morgan fingerprint density at radius 1 is 1.23 bits per heavy atom. The Balaban J connectivity index is 1.44. The molecule has 3 rings (SSSR count). The van der Waals surface area contributed by atoms with Gasteiger partial charge in [0.15, 0.2) is 6.10 Å². The summed E-state index contributed by atoms with van der Waals surface area (Å²) in [6.07, 6.45) is 2.08. The van der Waals surface area contributed by atoms with E-state index >= 15 is 0 Å². The summed E-state index contributed by atoms with van der Waals surface area (Å²) in [5, 5.41) is 3.51. The van der Waals surface area contributed by atoms with E-state index in [4.69, 9.17) is 16.3 Å². The van der Waals surface area contributed by atoms with E-state index in [-0.39, 0.29) is 5.91 Å². The number of amides is 1. The summed E-state index contributed by atoms with van der Waals surface area (Å²) in [6.45, 7) is 4.57. The van der Waals surface area contributed by atoms with Crippen LogP contribution in [0.4, 0.5) is 5.69 Å². The van der Waals surface area contributed by atoms with Crippen LogP contribution in [-0.4, -0.2) is 31.6 Å². The van der Waals surface area contributed by atoms with Crippen LogP contribution in [0.1, 0.15) is 25.3 Å². The first-order valence-corrected chi connectivity index (χ1v) is 9.58. The fourth-order valence-corrected chi connectivity index (χ4v) is 3.43. The van der Waals surface area contributed by atoms with Crippen LogP contribution in [0.3, 0.4) is 0 Å². The highest BCUT2D eigenvalue weighted by Gasteiger charge is 2.20. The van der Waals surface area contributed by atoms with Gasteiger partial charge in [-0.2, -0.15) is 0 Å². The lowest BCUT2D eigenvalue weighted by atomic mass is 10.2. The number of nitrogens with zero attached hydrogens (tertiary/aromatic N) is 1. The molecule has 0 saturated carbocycles. The molecule has 26 heavy (non-hydrogen) atoms. The van der Waals surface area contributed by atoms with Crippen molar-refractivity contribution in [3.05, 3.63) is 59.1 Å². The molecule has 0 fully saturated rings. The molecule has 1 aliphatic heterocycles. The third kappa shape index (κ3) is 4.50. The van der Waals surface area contributed by atoms with Crippen LogP contribution >= 0.6 is 11.6 Å². The van der Waals surface area contributed by atoms with Crippen LogP contribution in [0.5, 0.6) is 5.75 Å². The quantitative estimate of drug-likeness (QED) is 0.710. The fraction of sp³-hybridized carbons (Fsp3) is 0.381. The van der Waals surface area contributed by atoms with Crippen molar-refractivity contribution in [1.82, 2.24) is 5.32 Å². The molecule has 5 heteroatoms. The second-order valence-electron chi connectivity index (χ2n) is 6.46. The number of hydrogen-bond donors (Lipinski definition) is 1. The van der Waals surface area contributed by atoms with Gasteiger partial charge in [0, 0.05) is 25.3 Å². The van der Waals surface area contributed by atoms with Crippen molar-refractivity contribution in [3.8, 4) is 5.75 Å². The Hall–Kier alpha value is -2.20. The third-order valence-corrected chi connectivity index (χ3v) is 4.97. The largest absolute Gasteiger partial charge is 0.479 e. The van der Waals surface area contributed by atoms with Crippen molar-refractivity contribution in [2.45, 2.75) is 32.3 Å². The van der Waals surface area contributed by atoms with Gasteiger partial charge in [0.05, 0.1) is 5.02 Å². The Bertz CT molecular complexity index is 750. The summed E-state index contributed by atoms with van der Waals surface area (Å²) in [7, 11) is 0. The van der Waals surface area contributed by atoms with E-state index in [0.717, 1.165) is 25.9 Å². The maximum Gasteiger partial charge on any atom is 0.261 e. The Morgan fingerprint density at radius 2 is 2.00 bits per heavy atom. The maximum atomic E-state index is 12.4. The molecule has 2 aromatic carbocycles. The van der Waals surface area contributed by atoms with Crippen LogP contribution in [0.15, 0.2) is 48.5 Å². The summed E-state index contributed by atoms with van der Waals surface area (Å²) < 4.78 is 5.78. The number of halogens is 1. The zero-order chi connectivity index (χ0) is 18.4. The van der Waals surface area contributed by atoms with Gasteiger partial charge in [0.1, 0.15) is 5.75 Å². The third-order valence-electron chi connectivity index (χ3n) is 4.66. The van der Waals surface area contributed by atoms with Gasteiger partial charge >= 0.3 is 0 Å². The molecule has 0 bridgehead atoms. The van der Waals surface area contributed by atoms with Gasteiger partial charge in [-0.3, -0.25) is 4.79 Å². The van der Waals surface area contributed by atoms with Crippen LogP contribution in [-0.2, 0) is 11.2 Å². The summed E-state index contributed by atoms with van der Waals surface area (Å²) in [5.74, 6) is 0.457. The number of nitrogens with one attached hydrogen (secondary N) is 1. The van der Waals surface area contributed by atoms with Crippen LogP contribution in [0.2, 0.25) is 5.02 Å². The molecule has 0 saturated heterocycles. The van der Waals surface area contributed by atoms with Crippen LogP contribution < -0.4 is 15.0 Å². The fourth-order valence-electron chi connectivity index (χ4n) is 3.25. The first-order valence-electron chi connectivity index (χ1n) is 9.20. The Morgan fingerprint density at radius 3 is 2.81 bits per heavy atom. The number of carbonyl (C=O) groups is 1. The van der Waals surface area contributed by atoms with Crippen molar-refractivity contribution in [3.63, 3.8) is 0 Å². The van der Waals surface area contributed by atoms with E-state index in [2.05, 4.69) is 34.5 Å². The first kappa shape index (κ1) is 18.6. The molecule has 1 amide bonds. The monoisotopic (exact) mass is 372 g/mol. The molecule has 1 N–H and O–H groups in total. The number of rotatable bonds is 8. The molecule has 0 spiro atoms. The molecular formula is C21H25ClN2O2. The van der Waals surface area contributed by atoms with Gasteiger partial charge in [-0.25, -0.2) is 0 Å². The highest BCUT2D eigenvalue weighted by atomic mass is 35.5. The minimum absolute atomic E-state index is 0.0887. The zero-order valence-corrected chi connectivity index (χ0v) is 15.8. The normalized spacial score (nSPS) is 14.0. The van der Waals surface area contributed by atoms with E-state index in [0.29, 0.717) is 23.7 Å². The molecule has 1 aliphatic rings. The van der Waals surface area contributed by atoms with Crippen LogP contribution in [0.25, 0.3) is 0 Å². The van der Waals surface area contributed by atoms with Gasteiger partial charge in [-0.1, -0.05) is 48.9 Å². The summed E-state index contributed by atoms with van der Waals surface area (Å²) in [4.78, 5) is 14.8. The lowest BCUT2D eigenvalue weighted by molar-refractivity contribution is -0.128. The van der Waals surface area contributed by atoms with Gasteiger partial charge in [-0.05, 0) is 43.0 Å². The molecule has 2 aromatic rings. The average molecular weight is 373 g/mol. The van der Waals surface area contributed by atoms with Gasteiger partial charge in [0.2, 0.25) is 0 Å². The zero-order valence-electron chi connectivity index (χ0n) is 15.1. The van der Waals surface area contributed by atoms with Crippen molar-refractivity contribution >= 4 is 23.2 Å². The van der Waals surface area contributed by atoms with E-state index in [9.17, 15) is 4.79 Å². The molecule has 0 aliphatic carbocycles. The van der Waals surface area contributed by atoms with Gasteiger partial charge in [-0.15, -0.1) is 0 Å². The number of carbonyl (C=O) groups excluding carboxylic acids is 1. The van der Waals surface area contributed by atoms with Crippen LogP contribution in [0, 0.1) is 0 Å².